The van der Waals surface area contributed by atoms with Crippen LogP contribution in [0.2, 0.25) is 0 Å². The van der Waals surface area contributed by atoms with Crippen molar-refractivity contribution < 1.29 is 5.11 Å². The van der Waals surface area contributed by atoms with Crippen LogP contribution >= 0.6 is 0 Å². The van der Waals surface area contributed by atoms with Crippen LogP contribution in [0.5, 0.6) is 0 Å². The molecule has 2 N–H and O–H groups in total. The molecule has 1 aromatic rings. The maximum absolute atomic E-state index is 9.37. The van der Waals surface area contributed by atoms with Crippen molar-refractivity contribution in [2.24, 2.45) is 5.92 Å². The Balaban J connectivity index is 1.42. The molecule has 0 bridgehead atoms. The van der Waals surface area contributed by atoms with Crippen molar-refractivity contribution in [3.8, 4) is 0 Å². The van der Waals surface area contributed by atoms with Gasteiger partial charge in [0.1, 0.15) is 11.6 Å². The third-order valence-electron chi connectivity index (χ3n) is 6.00. The zero-order valence-electron chi connectivity index (χ0n) is 17.2. The predicted octanol–water partition coefficient (Wildman–Crippen LogP) is 2.00. The second kappa shape index (κ2) is 10.3. The summed E-state index contributed by atoms with van der Waals surface area (Å²) in [6.07, 6.45) is 8.96. The van der Waals surface area contributed by atoms with Gasteiger partial charge in [-0.05, 0) is 51.5 Å². The van der Waals surface area contributed by atoms with Gasteiger partial charge in [-0.3, -0.25) is 0 Å². The van der Waals surface area contributed by atoms with Gasteiger partial charge in [0.2, 0.25) is 0 Å². The van der Waals surface area contributed by atoms with Gasteiger partial charge in [0, 0.05) is 57.1 Å². The number of aliphatic hydroxyl groups is 1. The van der Waals surface area contributed by atoms with E-state index in [1.807, 2.05) is 13.1 Å². The summed E-state index contributed by atoms with van der Waals surface area (Å²) in [5.74, 6) is 2.51. The molecule has 2 saturated heterocycles. The Kier molecular flexibility index (Phi) is 7.85. The molecule has 6 nitrogen and oxygen atoms in total. The number of hydrogen-bond acceptors (Lipinski definition) is 6. The third-order valence-corrected chi connectivity index (χ3v) is 6.00. The first-order valence-corrected chi connectivity index (χ1v) is 10.8. The molecule has 27 heavy (non-hydrogen) atoms. The van der Waals surface area contributed by atoms with E-state index in [4.69, 9.17) is 4.98 Å². The summed E-state index contributed by atoms with van der Waals surface area (Å²) in [5, 5.41) is 13.1. The molecule has 0 radical (unpaired) electrons. The van der Waals surface area contributed by atoms with E-state index < -0.39 is 0 Å². The highest BCUT2D eigenvalue weighted by Crippen LogP contribution is 2.23. The lowest BCUT2D eigenvalue weighted by Crippen LogP contribution is -2.46. The highest BCUT2D eigenvalue weighted by Gasteiger charge is 2.23. The van der Waals surface area contributed by atoms with Crippen LogP contribution in [0.1, 0.15) is 50.4 Å². The number of nitrogens with zero attached hydrogens (tertiary/aromatic N) is 4. The average molecular weight is 376 g/mol. The number of rotatable bonds is 8. The van der Waals surface area contributed by atoms with E-state index in [-0.39, 0.29) is 0 Å². The van der Waals surface area contributed by atoms with Crippen molar-refractivity contribution >= 4 is 5.82 Å². The highest BCUT2D eigenvalue weighted by atomic mass is 16.3. The van der Waals surface area contributed by atoms with Crippen LogP contribution in [0, 0.1) is 12.8 Å². The maximum atomic E-state index is 9.37. The number of anilines is 1. The monoisotopic (exact) mass is 375 g/mol. The van der Waals surface area contributed by atoms with E-state index in [2.05, 4.69) is 27.0 Å². The number of likely N-dealkylation sites (tertiary alicyclic amines) is 1. The molecule has 6 heteroatoms. The molecule has 0 aromatic carbocycles. The molecule has 1 atom stereocenters. The van der Waals surface area contributed by atoms with Gasteiger partial charge in [0.25, 0.3) is 0 Å². The van der Waals surface area contributed by atoms with Gasteiger partial charge in [-0.2, -0.15) is 0 Å². The van der Waals surface area contributed by atoms with E-state index >= 15 is 0 Å². The highest BCUT2D eigenvalue weighted by molar-refractivity contribution is 5.46. The maximum Gasteiger partial charge on any atom is 0.135 e. The summed E-state index contributed by atoms with van der Waals surface area (Å²) in [6.45, 7) is 11.1. The molecule has 1 aromatic heterocycles. The van der Waals surface area contributed by atoms with Crippen molar-refractivity contribution in [1.82, 2.24) is 20.2 Å². The summed E-state index contributed by atoms with van der Waals surface area (Å²) in [4.78, 5) is 14.1. The van der Waals surface area contributed by atoms with Crippen LogP contribution in [0.3, 0.4) is 0 Å². The van der Waals surface area contributed by atoms with E-state index in [1.165, 1.54) is 37.8 Å². The molecule has 1 unspecified atom stereocenters. The minimum Gasteiger partial charge on any atom is -0.396 e. The van der Waals surface area contributed by atoms with Crippen molar-refractivity contribution in [2.75, 3.05) is 50.8 Å². The summed E-state index contributed by atoms with van der Waals surface area (Å²) in [5.41, 5.74) is 1.29. The Morgan fingerprint density at radius 3 is 2.78 bits per heavy atom. The number of hydrogen-bond donors (Lipinski definition) is 2. The third kappa shape index (κ3) is 5.87. The smallest absolute Gasteiger partial charge is 0.135 e. The fraction of sp³-hybridized carbons (Fsp3) is 0.810. The fourth-order valence-electron chi connectivity index (χ4n) is 4.43. The van der Waals surface area contributed by atoms with Crippen molar-refractivity contribution in [2.45, 2.75) is 58.4 Å². The van der Waals surface area contributed by atoms with Crippen molar-refractivity contribution in [3.63, 3.8) is 0 Å². The van der Waals surface area contributed by atoms with Crippen LogP contribution < -0.4 is 10.2 Å². The predicted molar refractivity (Wildman–Crippen MR) is 110 cm³/mol. The van der Waals surface area contributed by atoms with Crippen LogP contribution in [0.4, 0.5) is 5.82 Å². The molecular formula is C21H37N5O. The topological polar surface area (TPSA) is 64.5 Å². The zero-order chi connectivity index (χ0) is 19.1. The first kappa shape index (κ1) is 20.5. The van der Waals surface area contributed by atoms with E-state index in [1.54, 1.807) is 0 Å². The molecule has 3 heterocycles. The number of aromatic nitrogens is 2. The normalized spacial score (nSPS) is 22.3. The van der Waals surface area contributed by atoms with E-state index in [0.717, 1.165) is 57.2 Å². The van der Waals surface area contributed by atoms with Gasteiger partial charge in [-0.25, -0.2) is 9.97 Å². The lowest BCUT2D eigenvalue weighted by molar-refractivity contribution is 0.120. The molecule has 0 aliphatic carbocycles. The van der Waals surface area contributed by atoms with Gasteiger partial charge < -0.3 is 20.2 Å². The first-order valence-electron chi connectivity index (χ1n) is 10.8. The number of piperidine rings is 2. The SMILES string of the molecule is CCCc1cnc(C)nc1N1CCC(NCCN2CCCC(CO)C2)CC1. The van der Waals surface area contributed by atoms with Crippen LogP contribution in [-0.2, 0) is 6.42 Å². The number of nitrogens with one attached hydrogen (secondary N) is 1. The van der Waals surface area contributed by atoms with Crippen LogP contribution in [0.25, 0.3) is 0 Å². The van der Waals surface area contributed by atoms with Crippen LogP contribution in [0.15, 0.2) is 6.20 Å². The molecule has 0 saturated carbocycles. The molecule has 0 spiro atoms. The van der Waals surface area contributed by atoms with Gasteiger partial charge in [0.05, 0.1) is 0 Å². The second-order valence-electron chi connectivity index (χ2n) is 8.22. The van der Waals surface area contributed by atoms with Gasteiger partial charge >= 0.3 is 0 Å². The number of aryl methyl sites for hydroxylation is 2. The van der Waals surface area contributed by atoms with E-state index in [0.29, 0.717) is 18.6 Å². The molecular weight excluding hydrogens is 338 g/mol. The standard InChI is InChI=1S/C21H37N5O/c1-3-5-19-14-23-17(2)24-21(19)26-11-7-20(8-12-26)22-9-13-25-10-4-6-18(15-25)16-27/h14,18,20,22,27H,3-13,15-16H2,1-2H3. The fourth-order valence-corrected chi connectivity index (χ4v) is 4.43. The minimum atomic E-state index is 0.338. The Morgan fingerprint density at radius 2 is 2.04 bits per heavy atom. The molecule has 3 rings (SSSR count). The quantitative estimate of drug-likeness (QED) is 0.725. The second-order valence-corrected chi connectivity index (χ2v) is 8.22. The molecule has 152 valence electrons. The largest absolute Gasteiger partial charge is 0.396 e. The number of aliphatic hydroxyl groups excluding tert-OH is 1. The van der Waals surface area contributed by atoms with E-state index in [9.17, 15) is 5.11 Å². The van der Waals surface area contributed by atoms with Gasteiger partial charge in [-0.15, -0.1) is 0 Å². The van der Waals surface area contributed by atoms with Crippen molar-refractivity contribution in [3.05, 3.63) is 17.6 Å². The minimum absolute atomic E-state index is 0.338. The summed E-state index contributed by atoms with van der Waals surface area (Å²) in [6, 6.07) is 0.609. The zero-order valence-corrected chi connectivity index (χ0v) is 17.2. The lowest BCUT2D eigenvalue weighted by Gasteiger charge is -2.35. The Labute approximate surface area is 164 Å². The Morgan fingerprint density at radius 1 is 1.22 bits per heavy atom. The van der Waals surface area contributed by atoms with Gasteiger partial charge in [-0.1, -0.05) is 13.3 Å². The molecule has 2 aliphatic rings. The summed E-state index contributed by atoms with van der Waals surface area (Å²) >= 11 is 0. The molecule has 2 aliphatic heterocycles. The Bertz CT molecular complexity index is 574. The van der Waals surface area contributed by atoms with Gasteiger partial charge in [0.15, 0.2) is 0 Å². The Hall–Kier alpha value is -1.24. The summed E-state index contributed by atoms with van der Waals surface area (Å²) < 4.78 is 0. The molecule has 0 amide bonds. The average Bonchev–Trinajstić information content (AvgIpc) is 2.70. The van der Waals surface area contributed by atoms with Crippen molar-refractivity contribution in [1.29, 1.82) is 0 Å². The lowest BCUT2D eigenvalue weighted by atomic mass is 9.99. The van der Waals surface area contributed by atoms with Crippen LogP contribution in [-0.4, -0.2) is 71.9 Å². The molecule has 2 fully saturated rings. The summed E-state index contributed by atoms with van der Waals surface area (Å²) in [7, 11) is 0. The first-order chi connectivity index (χ1) is 13.2.